The largest absolute Gasteiger partial charge is 0.481 e. The van der Waals surface area contributed by atoms with Crippen molar-refractivity contribution in [3.05, 3.63) is 0 Å². The fraction of sp³-hybridized carbons (Fsp3) is 0.923. The van der Waals surface area contributed by atoms with Crippen LogP contribution in [0.5, 0.6) is 0 Å². The summed E-state index contributed by atoms with van der Waals surface area (Å²) >= 11 is 0. The molecule has 2 aliphatic rings. The number of nitrogens with zero attached hydrogens (tertiary/aromatic N) is 1. The minimum absolute atomic E-state index is 0.239. The number of piperidine rings is 1. The Morgan fingerprint density at radius 2 is 2.00 bits per heavy atom. The van der Waals surface area contributed by atoms with Crippen molar-refractivity contribution in [2.45, 2.75) is 57.0 Å². The summed E-state index contributed by atoms with van der Waals surface area (Å²) in [6.45, 7) is 2.07. The van der Waals surface area contributed by atoms with Gasteiger partial charge >= 0.3 is 5.97 Å². The zero-order valence-corrected chi connectivity index (χ0v) is 10.5. The maximum atomic E-state index is 10.6. The molecule has 2 unspecified atom stereocenters. The summed E-state index contributed by atoms with van der Waals surface area (Å²) < 4.78 is 0. The van der Waals surface area contributed by atoms with E-state index in [1.165, 1.54) is 25.7 Å². The zero-order chi connectivity index (χ0) is 12.3. The average Bonchev–Trinajstić information content (AvgIpc) is 2.79. The Balaban J connectivity index is 1.84. The van der Waals surface area contributed by atoms with E-state index in [0.717, 1.165) is 25.9 Å². The van der Waals surface area contributed by atoms with E-state index in [4.69, 9.17) is 10.8 Å². The molecular formula is C13H24N2O2. The third-order valence-electron chi connectivity index (χ3n) is 4.21. The van der Waals surface area contributed by atoms with Gasteiger partial charge in [0.1, 0.15) is 0 Å². The van der Waals surface area contributed by atoms with Gasteiger partial charge in [-0.15, -0.1) is 0 Å². The van der Waals surface area contributed by atoms with Crippen LogP contribution in [-0.4, -0.2) is 41.1 Å². The van der Waals surface area contributed by atoms with Gasteiger partial charge in [-0.05, 0) is 31.6 Å². The Morgan fingerprint density at radius 3 is 2.65 bits per heavy atom. The van der Waals surface area contributed by atoms with Crippen LogP contribution in [0.2, 0.25) is 0 Å². The number of hydrogen-bond acceptors (Lipinski definition) is 3. The fourth-order valence-electron chi connectivity index (χ4n) is 3.39. The monoisotopic (exact) mass is 240 g/mol. The van der Waals surface area contributed by atoms with Crippen LogP contribution < -0.4 is 5.73 Å². The average molecular weight is 240 g/mol. The number of nitrogens with two attached hydrogens (primary N) is 1. The topological polar surface area (TPSA) is 66.6 Å². The van der Waals surface area contributed by atoms with E-state index < -0.39 is 5.97 Å². The number of likely N-dealkylation sites (tertiary alicyclic amines) is 1. The number of carboxylic acid groups (broad SMARTS) is 1. The van der Waals surface area contributed by atoms with Crippen molar-refractivity contribution in [1.29, 1.82) is 0 Å². The molecule has 0 aromatic heterocycles. The van der Waals surface area contributed by atoms with Gasteiger partial charge in [0.25, 0.3) is 0 Å². The number of hydrogen-bond donors (Lipinski definition) is 2. The van der Waals surface area contributed by atoms with Crippen molar-refractivity contribution in [2.75, 3.05) is 13.1 Å². The van der Waals surface area contributed by atoms with Gasteiger partial charge in [0.15, 0.2) is 0 Å². The molecule has 0 bridgehead atoms. The second kappa shape index (κ2) is 5.83. The lowest BCUT2D eigenvalue weighted by molar-refractivity contribution is -0.137. The van der Waals surface area contributed by atoms with Crippen LogP contribution in [0.1, 0.15) is 44.9 Å². The van der Waals surface area contributed by atoms with Crippen molar-refractivity contribution in [1.82, 2.24) is 4.90 Å². The molecule has 1 aliphatic carbocycles. The second-order valence-corrected chi connectivity index (χ2v) is 5.69. The molecule has 2 fully saturated rings. The van der Waals surface area contributed by atoms with Crippen molar-refractivity contribution >= 4 is 5.97 Å². The van der Waals surface area contributed by atoms with Gasteiger partial charge in [-0.25, -0.2) is 0 Å². The summed E-state index contributed by atoms with van der Waals surface area (Å²) in [5.74, 6) is -0.202. The zero-order valence-electron chi connectivity index (χ0n) is 10.5. The van der Waals surface area contributed by atoms with E-state index in [0.29, 0.717) is 12.0 Å². The highest BCUT2D eigenvalue weighted by atomic mass is 16.4. The summed E-state index contributed by atoms with van der Waals surface area (Å²) in [5.41, 5.74) is 6.10. The molecule has 1 saturated heterocycles. The third-order valence-corrected chi connectivity index (χ3v) is 4.21. The Kier molecular flexibility index (Phi) is 4.40. The molecule has 4 heteroatoms. The molecule has 0 amide bonds. The highest BCUT2D eigenvalue weighted by Gasteiger charge is 2.31. The maximum absolute atomic E-state index is 10.6. The number of aliphatic carboxylic acids is 1. The van der Waals surface area contributed by atoms with Gasteiger partial charge in [0.05, 0.1) is 0 Å². The summed E-state index contributed by atoms with van der Waals surface area (Å²) in [7, 11) is 0. The first-order valence-electron chi connectivity index (χ1n) is 6.86. The van der Waals surface area contributed by atoms with E-state index in [9.17, 15) is 4.79 Å². The number of carbonyl (C=O) groups is 1. The van der Waals surface area contributed by atoms with Crippen LogP contribution in [0.15, 0.2) is 0 Å². The van der Waals surface area contributed by atoms with Crippen molar-refractivity contribution in [3.63, 3.8) is 0 Å². The number of carboxylic acids is 1. The van der Waals surface area contributed by atoms with Crippen LogP contribution >= 0.6 is 0 Å². The molecule has 3 N–H and O–H groups in total. The van der Waals surface area contributed by atoms with E-state index in [-0.39, 0.29) is 12.5 Å². The molecule has 2 rings (SSSR count). The molecule has 17 heavy (non-hydrogen) atoms. The molecule has 0 radical (unpaired) electrons. The molecule has 2 atom stereocenters. The summed E-state index contributed by atoms with van der Waals surface area (Å²) in [6.07, 6.45) is 7.36. The maximum Gasteiger partial charge on any atom is 0.303 e. The SMILES string of the molecule is NC1CC(CCC(=O)O)CN(C2CCCC2)C1. The van der Waals surface area contributed by atoms with Gasteiger partial charge in [0, 0.05) is 31.6 Å². The van der Waals surface area contributed by atoms with Gasteiger partial charge in [0.2, 0.25) is 0 Å². The summed E-state index contributed by atoms with van der Waals surface area (Å²) in [6, 6.07) is 0.955. The third kappa shape index (κ3) is 3.68. The molecule has 0 aromatic carbocycles. The second-order valence-electron chi connectivity index (χ2n) is 5.69. The van der Waals surface area contributed by atoms with Gasteiger partial charge in [-0.3, -0.25) is 9.69 Å². The Bertz CT molecular complexity index is 264. The van der Waals surface area contributed by atoms with Crippen LogP contribution in [0.4, 0.5) is 0 Å². The van der Waals surface area contributed by atoms with Crippen LogP contribution in [-0.2, 0) is 4.79 Å². The van der Waals surface area contributed by atoms with Crippen molar-refractivity contribution in [2.24, 2.45) is 11.7 Å². The van der Waals surface area contributed by atoms with E-state index in [1.807, 2.05) is 0 Å². The normalized spacial score (nSPS) is 31.8. The molecule has 4 nitrogen and oxygen atoms in total. The lowest BCUT2D eigenvalue weighted by atomic mass is 9.89. The molecule has 1 aliphatic heterocycles. The standard InChI is InChI=1S/C13H24N2O2/c14-11-7-10(5-6-13(16)17)8-15(9-11)12-3-1-2-4-12/h10-12H,1-9,14H2,(H,16,17). The molecule has 98 valence electrons. The van der Waals surface area contributed by atoms with Crippen LogP contribution in [0.3, 0.4) is 0 Å². The van der Waals surface area contributed by atoms with Crippen LogP contribution in [0.25, 0.3) is 0 Å². The minimum Gasteiger partial charge on any atom is -0.481 e. The summed E-state index contributed by atoms with van der Waals surface area (Å²) in [4.78, 5) is 13.1. The lowest BCUT2D eigenvalue weighted by Gasteiger charge is -2.39. The Hall–Kier alpha value is -0.610. The first-order chi connectivity index (χ1) is 8.15. The predicted octanol–water partition coefficient (Wildman–Crippen LogP) is 1.44. The van der Waals surface area contributed by atoms with Crippen molar-refractivity contribution < 1.29 is 9.90 Å². The van der Waals surface area contributed by atoms with E-state index in [2.05, 4.69) is 4.90 Å². The highest BCUT2D eigenvalue weighted by Crippen LogP contribution is 2.29. The van der Waals surface area contributed by atoms with Crippen molar-refractivity contribution in [3.8, 4) is 0 Å². The highest BCUT2D eigenvalue weighted by molar-refractivity contribution is 5.66. The first-order valence-corrected chi connectivity index (χ1v) is 6.86. The first kappa shape index (κ1) is 12.8. The predicted molar refractivity (Wildman–Crippen MR) is 66.8 cm³/mol. The van der Waals surface area contributed by atoms with E-state index in [1.54, 1.807) is 0 Å². The van der Waals surface area contributed by atoms with Gasteiger partial charge in [-0.2, -0.15) is 0 Å². The molecular weight excluding hydrogens is 216 g/mol. The minimum atomic E-state index is -0.684. The smallest absolute Gasteiger partial charge is 0.303 e. The van der Waals surface area contributed by atoms with Gasteiger partial charge < -0.3 is 10.8 Å². The fourth-order valence-corrected chi connectivity index (χ4v) is 3.39. The van der Waals surface area contributed by atoms with E-state index >= 15 is 0 Å². The molecule has 1 saturated carbocycles. The Morgan fingerprint density at radius 1 is 1.29 bits per heavy atom. The molecule has 0 spiro atoms. The quantitative estimate of drug-likeness (QED) is 0.780. The molecule has 1 heterocycles. The molecule has 0 aromatic rings. The lowest BCUT2D eigenvalue weighted by Crippen LogP contribution is -2.50. The Labute approximate surface area is 103 Å². The van der Waals surface area contributed by atoms with Crippen LogP contribution in [0, 0.1) is 5.92 Å². The van der Waals surface area contributed by atoms with Gasteiger partial charge in [-0.1, -0.05) is 12.8 Å². The number of rotatable bonds is 4. The summed E-state index contributed by atoms with van der Waals surface area (Å²) in [5, 5.41) is 8.74.